The van der Waals surface area contributed by atoms with Crippen LogP contribution >= 0.6 is 11.8 Å². The minimum atomic E-state index is -4.17. The SMILES string of the molecule is CCCCNC(=O)[C@H](Cc1ccccc1)N(Cc1cccc(OC)c1)C(=O)CN(c1ccc(C)cc1)S(=O)(=O)c1ccc(SC)cc1. The number of rotatable bonds is 16. The number of ether oxygens (including phenoxy) is 1. The van der Waals surface area contributed by atoms with E-state index in [0.29, 0.717) is 18.0 Å². The third kappa shape index (κ3) is 9.62. The van der Waals surface area contributed by atoms with Gasteiger partial charge in [0.2, 0.25) is 11.8 Å². The second kappa shape index (κ2) is 17.0. The molecule has 4 rings (SSSR count). The lowest BCUT2D eigenvalue weighted by molar-refractivity contribution is -0.140. The first-order valence-corrected chi connectivity index (χ1v) is 18.3. The molecule has 0 aliphatic heterocycles. The van der Waals surface area contributed by atoms with Gasteiger partial charge in [-0.25, -0.2) is 8.42 Å². The highest BCUT2D eigenvalue weighted by atomic mass is 32.2. The van der Waals surface area contributed by atoms with Gasteiger partial charge in [0.15, 0.2) is 0 Å². The molecule has 0 aromatic heterocycles. The molecule has 0 fully saturated rings. The maximum Gasteiger partial charge on any atom is 0.264 e. The molecule has 0 unspecified atom stereocenters. The summed E-state index contributed by atoms with van der Waals surface area (Å²) < 4.78 is 35.0. The average molecular weight is 674 g/mol. The largest absolute Gasteiger partial charge is 0.497 e. The van der Waals surface area contributed by atoms with E-state index in [1.165, 1.54) is 16.7 Å². The Bertz CT molecular complexity index is 1710. The van der Waals surface area contributed by atoms with Crippen LogP contribution in [0.5, 0.6) is 5.75 Å². The number of nitrogens with one attached hydrogen (secondary N) is 1. The Morgan fingerprint density at radius 1 is 0.894 bits per heavy atom. The number of benzene rings is 4. The molecule has 8 nitrogen and oxygen atoms in total. The van der Waals surface area contributed by atoms with Crippen LogP contribution in [-0.2, 0) is 32.6 Å². The smallest absolute Gasteiger partial charge is 0.264 e. The van der Waals surface area contributed by atoms with Crippen molar-refractivity contribution < 1.29 is 22.7 Å². The zero-order chi connectivity index (χ0) is 33.8. The number of sulfonamides is 1. The molecule has 248 valence electrons. The molecule has 0 saturated carbocycles. The highest BCUT2D eigenvalue weighted by Gasteiger charge is 2.34. The van der Waals surface area contributed by atoms with Crippen molar-refractivity contribution in [3.8, 4) is 5.75 Å². The van der Waals surface area contributed by atoms with E-state index in [9.17, 15) is 18.0 Å². The summed E-state index contributed by atoms with van der Waals surface area (Å²) in [6.07, 6.45) is 3.86. The van der Waals surface area contributed by atoms with Crippen molar-refractivity contribution in [1.29, 1.82) is 0 Å². The fraction of sp³-hybridized carbons (Fsp3) is 0.297. The van der Waals surface area contributed by atoms with Crippen molar-refractivity contribution >= 4 is 39.3 Å². The van der Waals surface area contributed by atoms with Gasteiger partial charge in [-0.15, -0.1) is 11.8 Å². The number of hydrogen-bond acceptors (Lipinski definition) is 6. The fourth-order valence-corrected chi connectivity index (χ4v) is 6.96. The number of anilines is 1. The van der Waals surface area contributed by atoms with E-state index >= 15 is 0 Å². The molecule has 4 aromatic carbocycles. The number of nitrogens with zero attached hydrogens (tertiary/aromatic N) is 2. The summed E-state index contributed by atoms with van der Waals surface area (Å²) >= 11 is 1.51. The van der Waals surface area contributed by atoms with Crippen molar-refractivity contribution in [2.24, 2.45) is 0 Å². The molecule has 1 N–H and O–H groups in total. The van der Waals surface area contributed by atoms with E-state index < -0.39 is 28.5 Å². The minimum Gasteiger partial charge on any atom is -0.497 e. The molecule has 0 aliphatic carbocycles. The van der Waals surface area contributed by atoms with Crippen LogP contribution in [0.25, 0.3) is 0 Å². The molecule has 10 heteroatoms. The lowest BCUT2D eigenvalue weighted by Gasteiger charge is -2.34. The summed E-state index contributed by atoms with van der Waals surface area (Å²) in [4.78, 5) is 31.0. The predicted molar refractivity (Wildman–Crippen MR) is 189 cm³/mol. The molecule has 0 saturated heterocycles. The van der Waals surface area contributed by atoms with Crippen LogP contribution < -0.4 is 14.4 Å². The van der Waals surface area contributed by atoms with Crippen LogP contribution in [0, 0.1) is 6.92 Å². The third-order valence-electron chi connectivity index (χ3n) is 7.84. The van der Waals surface area contributed by atoms with Gasteiger partial charge >= 0.3 is 0 Å². The molecule has 4 aromatic rings. The Morgan fingerprint density at radius 2 is 1.57 bits per heavy atom. The topological polar surface area (TPSA) is 96.0 Å². The summed E-state index contributed by atoms with van der Waals surface area (Å²) in [6, 6.07) is 29.5. The molecule has 0 aliphatic rings. The first-order chi connectivity index (χ1) is 22.7. The van der Waals surface area contributed by atoms with E-state index in [-0.39, 0.29) is 23.8 Å². The van der Waals surface area contributed by atoms with Gasteiger partial charge in [-0.2, -0.15) is 0 Å². The number of hydrogen-bond donors (Lipinski definition) is 1. The number of carbonyl (C=O) groups excluding carboxylic acids is 2. The van der Waals surface area contributed by atoms with Gasteiger partial charge in [-0.3, -0.25) is 13.9 Å². The van der Waals surface area contributed by atoms with Crippen LogP contribution in [-0.4, -0.2) is 57.6 Å². The molecule has 1 atom stereocenters. The molecule has 0 spiro atoms. The van der Waals surface area contributed by atoms with Crippen LogP contribution in [0.2, 0.25) is 0 Å². The maximum atomic E-state index is 14.6. The minimum absolute atomic E-state index is 0.0684. The maximum absolute atomic E-state index is 14.6. The van der Waals surface area contributed by atoms with Crippen molar-refractivity contribution in [3.63, 3.8) is 0 Å². The average Bonchev–Trinajstić information content (AvgIpc) is 3.09. The van der Waals surface area contributed by atoms with Gasteiger partial charge in [0, 0.05) is 24.4 Å². The van der Waals surface area contributed by atoms with E-state index in [4.69, 9.17) is 4.74 Å². The van der Waals surface area contributed by atoms with Gasteiger partial charge in [0.1, 0.15) is 18.3 Å². The molecule has 2 amide bonds. The summed E-state index contributed by atoms with van der Waals surface area (Å²) in [5, 5.41) is 3.01. The van der Waals surface area contributed by atoms with E-state index in [0.717, 1.165) is 38.7 Å². The molecule has 0 radical (unpaired) electrons. The number of carbonyl (C=O) groups is 2. The first-order valence-electron chi connectivity index (χ1n) is 15.6. The molecule has 0 bridgehead atoms. The lowest BCUT2D eigenvalue weighted by Crippen LogP contribution is -2.53. The number of unbranched alkanes of at least 4 members (excludes halogenated alkanes) is 1. The lowest BCUT2D eigenvalue weighted by atomic mass is 10.0. The van der Waals surface area contributed by atoms with Gasteiger partial charge in [0.25, 0.3) is 10.0 Å². The van der Waals surface area contributed by atoms with Crippen molar-refractivity contribution in [3.05, 3.63) is 120 Å². The molecule has 47 heavy (non-hydrogen) atoms. The standard InChI is InChI=1S/C37H43N3O5S2/c1-5-6-23-38-37(42)35(25-29-11-8-7-9-12-29)39(26-30-13-10-14-32(24-30)45-3)36(41)27-40(31-17-15-28(2)16-18-31)47(43,44)34-21-19-33(46-4)20-22-34/h7-22,24,35H,5-6,23,25-27H2,1-4H3,(H,38,42)/t35-/m0/s1. The van der Waals surface area contributed by atoms with Crippen molar-refractivity contribution in [2.45, 2.75) is 55.5 Å². The van der Waals surface area contributed by atoms with Crippen LogP contribution in [0.3, 0.4) is 0 Å². The Labute approximate surface area is 283 Å². The number of amides is 2. The number of aryl methyl sites for hydroxylation is 1. The van der Waals surface area contributed by atoms with Crippen LogP contribution in [0.1, 0.15) is 36.5 Å². The summed E-state index contributed by atoms with van der Waals surface area (Å²) in [5.41, 5.74) is 2.93. The first kappa shape index (κ1) is 35.6. The predicted octanol–water partition coefficient (Wildman–Crippen LogP) is 6.48. The molecular formula is C37H43N3O5S2. The Kier molecular flexibility index (Phi) is 12.9. The Hall–Kier alpha value is -4.28. The molecular weight excluding hydrogens is 631 g/mol. The second-order valence-corrected chi connectivity index (χ2v) is 14.0. The second-order valence-electron chi connectivity index (χ2n) is 11.2. The van der Waals surface area contributed by atoms with E-state index in [1.54, 1.807) is 43.5 Å². The monoisotopic (exact) mass is 673 g/mol. The quantitative estimate of drug-likeness (QED) is 0.108. The summed E-state index contributed by atoms with van der Waals surface area (Å²) in [6.45, 7) is 3.99. The van der Waals surface area contributed by atoms with Gasteiger partial charge in [-0.1, -0.05) is 73.5 Å². The zero-order valence-corrected chi connectivity index (χ0v) is 29.0. The van der Waals surface area contributed by atoms with Crippen LogP contribution in [0.4, 0.5) is 5.69 Å². The van der Waals surface area contributed by atoms with E-state index in [1.807, 2.05) is 86.8 Å². The van der Waals surface area contributed by atoms with Crippen molar-refractivity contribution in [2.75, 3.05) is 30.8 Å². The normalized spacial score (nSPS) is 11.8. The molecule has 0 heterocycles. The third-order valence-corrected chi connectivity index (χ3v) is 10.4. The number of thioether (sulfide) groups is 1. The summed E-state index contributed by atoms with van der Waals surface area (Å²) in [5.74, 6) is -0.195. The Morgan fingerprint density at radius 3 is 2.21 bits per heavy atom. The van der Waals surface area contributed by atoms with Crippen LogP contribution in [0.15, 0.2) is 113 Å². The summed E-state index contributed by atoms with van der Waals surface area (Å²) in [7, 11) is -2.60. The van der Waals surface area contributed by atoms with Gasteiger partial charge < -0.3 is 15.0 Å². The van der Waals surface area contributed by atoms with Gasteiger partial charge in [0.05, 0.1) is 17.7 Å². The van der Waals surface area contributed by atoms with E-state index in [2.05, 4.69) is 5.32 Å². The Balaban J connectivity index is 1.79. The number of methoxy groups -OCH3 is 1. The van der Waals surface area contributed by atoms with Crippen molar-refractivity contribution in [1.82, 2.24) is 10.2 Å². The van der Waals surface area contributed by atoms with Gasteiger partial charge in [-0.05, 0) is 79.3 Å². The fourth-order valence-electron chi connectivity index (χ4n) is 5.14. The highest BCUT2D eigenvalue weighted by Crippen LogP contribution is 2.27. The zero-order valence-electron chi connectivity index (χ0n) is 27.4. The highest BCUT2D eigenvalue weighted by molar-refractivity contribution is 7.98.